The zero-order chi connectivity index (χ0) is 27.5. The Kier molecular flexibility index (Phi) is 7.10. The van der Waals surface area contributed by atoms with E-state index in [0.717, 1.165) is 33.4 Å². The van der Waals surface area contributed by atoms with Crippen molar-refractivity contribution in [3.8, 4) is 16.9 Å². The Morgan fingerprint density at radius 2 is 1.52 bits per heavy atom. The van der Waals surface area contributed by atoms with Crippen molar-refractivity contribution in [3.63, 3.8) is 0 Å². The van der Waals surface area contributed by atoms with Crippen molar-refractivity contribution >= 4 is 11.8 Å². The number of nitrogens with one attached hydrogen (secondary N) is 1. The standard InChI is InChI=1S/C34H32N2O4/c1-23-34(22-24-10-3-2-4-11-24,36-32(40-23)25-16-18-26(19-17-25)39-21-9-20-37)33(38)35-31-29-14-7-5-12-27(29)28-13-6-8-15-30(28)31/h2-8,10-19,23,31,37H,9,20-22H2,1H3,(H,35,38)/t23-,34-/m1/s1. The molecule has 0 radical (unpaired) electrons. The van der Waals surface area contributed by atoms with Gasteiger partial charge in [0.05, 0.1) is 12.6 Å². The van der Waals surface area contributed by atoms with Crippen LogP contribution >= 0.6 is 0 Å². The number of carbonyl (C=O) groups excluding carboxylic acids is 1. The van der Waals surface area contributed by atoms with Crippen molar-refractivity contribution in [2.75, 3.05) is 13.2 Å². The number of carbonyl (C=O) groups is 1. The maximum atomic E-state index is 14.4. The number of rotatable bonds is 9. The van der Waals surface area contributed by atoms with Crippen LogP contribution in [0.4, 0.5) is 0 Å². The van der Waals surface area contributed by atoms with Crippen molar-refractivity contribution < 1.29 is 19.4 Å². The van der Waals surface area contributed by atoms with Gasteiger partial charge in [0.2, 0.25) is 5.90 Å². The van der Waals surface area contributed by atoms with Crippen LogP contribution in [0.5, 0.6) is 5.75 Å². The molecule has 6 nitrogen and oxygen atoms in total. The highest BCUT2D eigenvalue weighted by Gasteiger charge is 2.51. The molecule has 1 aliphatic carbocycles. The Balaban J connectivity index is 1.34. The first-order valence-electron chi connectivity index (χ1n) is 13.7. The quantitative estimate of drug-likeness (QED) is 0.280. The van der Waals surface area contributed by atoms with Gasteiger partial charge in [-0.05, 0) is 59.0 Å². The van der Waals surface area contributed by atoms with Crippen LogP contribution in [0, 0.1) is 0 Å². The molecule has 1 aliphatic heterocycles. The molecule has 6 rings (SSSR count). The maximum absolute atomic E-state index is 14.4. The van der Waals surface area contributed by atoms with Crippen LogP contribution in [-0.2, 0) is 16.0 Å². The molecule has 2 atom stereocenters. The third kappa shape index (κ3) is 4.75. The molecule has 2 N–H and O–H groups in total. The largest absolute Gasteiger partial charge is 0.494 e. The van der Waals surface area contributed by atoms with Crippen LogP contribution in [0.1, 0.15) is 41.6 Å². The van der Waals surface area contributed by atoms with E-state index in [4.69, 9.17) is 19.6 Å². The zero-order valence-electron chi connectivity index (χ0n) is 22.4. The lowest BCUT2D eigenvalue weighted by Gasteiger charge is -2.30. The monoisotopic (exact) mass is 532 g/mol. The van der Waals surface area contributed by atoms with Crippen molar-refractivity contribution in [2.45, 2.75) is 37.5 Å². The molecule has 202 valence electrons. The number of aliphatic hydroxyl groups excluding tert-OH is 1. The van der Waals surface area contributed by atoms with E-state index < -0.39 is 11.6 Å². The SMILES string of the molecule is C[C@H]1OC(c2ccc(OCCCO)cc2)=N[C@@]1(Cc1ccccc1)C(=O)NC1c2ccccc2-c2ccccc21. The highest BCUT2D eigenvalue weighted by atomic mass is 16.5. The van der Waals surface area contributed by atoms with Crippen molar-refractivity contribution in [3.05, 3.63) is 125 Å². The van der Waals surface area contributed by atoms with Crippen LogP contribution in [0.2, 0.25) is 0 Å². The number of hydrogen-bond donors (Lipinski definition) is 2. The van der Waals surface area contributed by atoms with Gasteiger partial charge in [-0.3, -0.25) is 4.79 Å². The molecule has 40 heavy (non-hydrogen) atoms. The van der Waals surface area contributed by atoms with Gasteiger partial charge < -0.3 is 19.9 Å². The fraction of sp³-hybridized carbons (Fsp3) is 0.235. The smallest absolute Gasteiger partial charge is 0.253 e. The second-order valence-electron chi connectivity index (χ2n) is 10.3. The second-order valence-corrected chi connectivity index (χ2v) is 10.3. The van der Waals surface area contributed by atoms with E-state index >= 15 is 0 Å². The van der Waals surface area contributed by atoms with E-state index in [0.29, 0.717) is 31.1 Å². The number of ether oxygens (including phenoxy) is 2. The molecule has 0 saturated carbocycles. The molecule has 0 unspecified atom stereocenters. The van der Waals surface area contributed by atoms with E-state index in [1.807, 2.05) is 85.8 Å². The molecule has 0 saturated heterocycles. The highest BCUT2D eigenvalue weighted by Crippen LogP contribution is 2.44. The molecule has 1 amide bonds. The van der Waals surface area contributed by atoms with Gasteiger partial charge >= 0.3 is 0 Å². The van der Waals surface area contributed by atoms with Crippen LogP contribution in [0.25, 0.3) is 11.1 Å². The number of amides is 1. The topological polar surface area (TPSA) is 80.2 Å². The van der Waals surface area contributed by atoms with Gasteiger partial charge in [0.25, 0.3) is 5.91 Å². The van der Waals surface area contributed by atoms with Gasteiger partial charge in [-0.2, -0.15) is 0 Å². The van der Waals surface area contributed by atoms with Crippen molar-refractivity contribution in [1.29, 1.82) is 0 Å². The summed E-state index contributed by atoms with van der Waals surface area (Å²) in [6.07, 6.45) is 0.486. The van der Waals surface area contributed by atoms with Gasteiger partial charge in [-0.25, -0.2) is 4.99 Å². The molecule has 2 aliphatic rings. The number of hydrogen-bond acceptors (Lipinski definition) is 5. The Hall–Kier alpha value is -4.42. The van der Waals surface area contributed by atoms with E-state index in [9.17, 15) is 4.79 Å². The summed E-state index contributed by atoms with van der Waals surface area (Å²) in [5.41, 5.74) is 5.08. The Labute approximate surface area is 234 Å². The third-order valence-electron chi connectivity index (χ3n) is 7.75. The fourth-order valence-corrected chi connectivity index (χ4v) is 5.62. The minimum absolute atomic E-state index is 0.0875. The molecule has 0 aromatic heterocycles. The summed E-state index contributed by atoms with van der Waals surface area (Å²) in [4.78, 5) is 19.4. The molecule has 0 spiro atoms. The predicted molar refractivity (Wildman–Crippen MR) is 155 cm³/mol. The summed E-state index contributed by atoms with van der Waals surface area (Å²) in [7, 11) is 0. The lowest BCUT2D eigenvalue weighted by Crippen LogP contribution is -2.53. The van der Waals surface area contributed by atoms with Crippen LogP contribution in [-0.4, -0.2) is 41.8 Å². The summed E-state index contributed by atoms with van der Waals surface area (Å²) in [6.45, 7) is 2.45. The average molecular weight is 533 g/mol. The first-order valence-corrected chi connectivity index (χ1v) is 13.7. The number of aliphatic hydroxyl groups is 1. The third-order valence-corrected chi connectivity index (χ3v) is 7.75. The maximum Gasteiger partial charge on any atom is 0.253 e. The van der Waals surface area contributed by atoms with E-state index in [1.54, 1.807) is 0 Å². The van der Waals surface area contributed by atoms with Crippen molar-refractivity contribution in [2.24, 2.45) is 4.99 Å². The molecule has 0 bridgehead atoms. The highest BCUT2D eigenvalue weighted by molar-refractivity contribution is 6.01. The first kappa shape index (κ1) is 25.8. The van der Waals surface area contributed by atoms with Gasteiger partial charge in [0.15, 0.2) is 5.54 Å². The zero-order valence-corrected chi connectivity index (χ0v) is 22.4. The molecule has 4 aromatic carbocycles. The summed E-state index contributed by atoms with van der Waals surface area (Å²) >= 11 is 0. The van der Waals surface area contributed by atoms with E-state index in [1.165, 1.54) is 0 Å². The number of benzene rings is 4. The molecule has 6 heteroatoms. The number of nitrogens with zero attached hydrogens (tertiary/aromatic N) is 1. The molecular weight excluding hydrogens is 500 g/mol. The minimum Gasteiger partial charge on any atom is -0.494 e. The molecular formula is C34H32N2O4. The summed E-state index contributed by atoms with van der Waals surface area (Å²) in [5.74, 6) is 0.975. The molecule has 4 aromatic rings. The van der Waals surface area contributed by atoms with Crippen LogP contribution in [0.3, 0.4) is 0 Å². The first-order chi connectivity index (χ1) is 19.6. The minimum atomic E-state index is -1.15. The van der Waals surface area contributed by atoms with Gasteiger partial charge in [0.1, 0.15) is 11.9 Å². The Morgan fingerprint density at radius 3 is 2.17 bits per heavy atom. The predicted octanol–water partition coefficient (Wildman–Crippen LogP) is 5.48. The number of aliphatic imine (C=N–C) groups is 1. The van der Waals surface area contributed by atoms with Gasteiger partial charge in [-0.1, -0.05) is 78.9 Å². The van der Waals surface area contributed by atoms with Gasteiger partial charge in [0, 0.05) is 25.0 Å². The summed E-state index contributed by atoms with van der Waals surface area (Å²) < 4.78 is 12.0. The molecule has 1 heterocycles. The summed E-state index contributed by atoms with van der Waals surface area (Å²) in [6, 6.07) is 33.6. The van der Waals surface area contributed by atoms with E-state index in [-0.39, 0.29) is 18.6 Å². The average Bonchev–Trinajstić information content (AvgIpc) is 3.49. The lowest BCUT2D eigenvalue weighted by molar-refractivity contribution is -0.128. The number of fused-ring (bicyclic) bond motifs is 3. The molecule has 0 fully saturated rings. The van der Waals surface area contributed by atoms with Crippen molar-refractivity contribution in [1.82, 2.24) is 5.32 Å². The van der Waals surface area contributed by atoms with Gasteiger partial charge in [-0.15, -0.1) is 0 Å². The Morgan fingerprint density at radius 1 is 0.900 bits per heavy atom. The fourth-order valence-electron chi connectivity index (χ4n) is 5.62. The normalized spacial score (nSPS) is 19.4. The van der Waals surface area contributed by atoms with Crippen LogP contribution in [0.15, 0.2) is 108 Å². The van der Waals surface area contributed by atoms with E-state index in [2.05, 4.69) is 29.6 Å². The summed E-state index contributed by atoms with van der Waals surface area (Å²) in [5, 5.41) is 12.4. The second kappa shape index (κ2) is 11.0. The Bertz CT molecular complexity index is 1490. The van der Waals surface area contributed by atoms with Crippen LogP contribution < -0.4 is 10.1 Å². The lowest BCUT2D eigenvalue weighted by atomic mass is 9.85.